The number of carboxylic acid groups (broad SMARTS) is 1. The Kier molecular flexibility index (Phi) is 13.6. The Morgan fingerprint density at radius 1 is 1.03 bits per heavy atom. The van der Waals surface area contributed by atoms with Crippen molar-refractivity contribution in [2.24, 2.45) is 10.7 Å². The fourth-order valence-corrected chi connectivity index (χ4v) is 3.93. The molecule has 2 unspecified atom stereocenters. The van der Waals surface area contributed by atoms with Crippen LogP contribution in [0.1, 0.15) is 104 Å². The van der Waals surface area contributed by atoms with Gasteiger partial charge in [-0.1, -0.05) is 70.4 Å². The summed E-state index contributed by atoms with van der Waals surface area (Å²) >= 11 is 0. The number of nitrogens with two attached hydrogens (primary N) is 1. The van der Waals surface area contributed by atoms with E-state index in [0.717, 1.165) is 25.1 Å². The number of amidine groups is 1. The highest BCUT2D eigenvalue weighted by Gasteiger charge is 2.38. The first-order valence-corrected chi connectivity index (χ1v) is 11.8. The summed E-state index contributed by atoms with van der Waals surface area (Å²) in [5.41, 5.74) is 6.07. The number of unbranched alkanes of at least 4 members (excludes halogenated alkanes) is 11. The molecular weight excluding hydrogens is 362 g/mol. The molecule has 0 bridgehead atoms. The second-order valence-corrected chi connectivity index (χ2v) is 8.38. The number of carbonyl (C=O) groups excluding carboxylic acids is 1. The average Bonchev–Trinajstić information content (AvgIpc) is 3.08. The number of quaternary nitrogens is 1. The lowest BCUT2D eigenvalue weighted by atomic mass is 10.1. The van der Waals surface area contributed by atoms with Crippen molar-refractivity contribution in [3.8, 4) is 0 Å². The molecule has 29 heavy (non-hydrogen) atoms. The second-order valence-electron chi connectivity index (χ2n) is 8.38. The van der Waals surface area contributed by atoms with Gasteiger partial charge in [-0.2, -0.15) is 0 Å². The van der Waals surface area contributed by atoms with Crippen LogP contribution in [0.15, 0.2) is 29.5 Å². The summed E-state index contributed by atoms with van der Waals surface area (Å²) in [6.07, 6.45) is 25.1. The van der Waals surface area contributed by atoms with Gasteiger partial charge in [0.2, 0.25) is 5.84 Å². The lowest BCUT2D eigenvalue weighted by Gasteiger charge is -2.36. The van der Waals surface area contributed by atoms with Crippen molar-refractivity contribution in [2.75, 3.05) is 6.54 Å². The zero-order valence-electron chi connectivity index (χ0n) is 18.8. The van der Waals surface area contributed by atoms with Crippen molar-refractivity contribution in [1.82, 2.24) is 0 Å². The topological polar surface area (TPSA) is 78.5 Å². The molecule has 166 valence electrons. The molecule has 0 radical (unpaired) electrons. The minimum Gasteiger partial charge on any atom is -0.544 e. The molecule has 1 aliphatic heterocycles. The van der Waals surface area contributed by atoms with Crippen LogP contribution < -0.4 is 10.8 Å². The Bertz CT molecular complexity index is 540. The molecular formula is C24H43N3O2. The summed E-state index contributed by atoms with van der Waals surface area (Å²) in [6.45, 7) is 3.94. The largest absolute Gasteiger partial charge is 0.544 e. The van der Waals surface area contributed by atoms with Gasteiger partial charge in [0.25, 0.3) is 0 Å². The monoisotopic (exact) mass is 405 g/mol. The van der Waals surface area contributed by atoms with Crippen LogP contribution in [0, 0.1) is 0 Å². The number of hydrogen-bond acceptors (Lipinski definition) is 4. The van der Waals surface area contributed by atoms with Crippen LogP contribution >= 0.6 is 0 Å². The lowest BCUT2D eigenvalue weighted by Crippen LogP contribution is -2.60. The van der Waals surface area contributed by atoms with E-state index < -0.39 is 5.97 Å². The van der Waals surface area contributed by atoms with E-state index in [9.17, 15) is 9.90 Å². The number of nitrogens with zero attached hydrogens (tertiary/aromatic N) is 2. The standard InChI is InChI=1S/C24H43N3O2/c1-3-4-5-6-7-8-9-10-11-12-13-14-15-16-17-18-23-26-19-20-27(23,22(2)25)21-24(28)29/h8-9,19-20,22H,3-7,10-18,21,25H2,1-2H3/b9-8+. The molecule has 2 N–H and O–H groups in total. The Balaban J connectivity index is 2.04. The summed E-state index contributed by atoms with van der Waals surface area (Å²) in [4.78, 5) is 15.5. The number of carbonyl (C=O) groups is 1. The van der Waals surface area contributed by atoms with E-state index in [2.05, 4.69) is 24.1 Å². The van der Waals surface area contributed by atoms with Crippen LogP contribution in [0.25, 0.3) is 0 Å². The maximum Gasteiger partial charge on any atom is 0.209 e. The van der Waals surface area contributed by atoms with Crippen LogP contribution in [0.2, 0.25) is 0 Å². The minimum absolute atomic E-state index is 0.106. The van der Waals surface area contributed by atoms with E-state index in [1.54, 1.807) is 12.4 Å². The smallest absolute Gasteiger partial charge is 0.209 e. The summed E-state index contributed by atoms with van der Waals surface area (Å²) < 4.78 is 0.106. The molecule has 0 aliphatic carbocycles. The predicted molar refractivity (Wildman–Crippen MR) is 120 cm³/mol. The van der Waals surface area contributed by atoms with Gasteiger partial charge in [0.15, 0.2) is 0 Å². The van der Waals surface area contributed by atoms with E-state index in [1.807, 2.05) is 6.92 Å². The Morgan fingerprint density at radius 2 is 1.59 bits per heavy atom. The third kappa shape index (κ3) is 10.2. The van der Waals surface area contributed by atoms with Crippen molar-refractivity contribution >= 4 is 11.8 Å². The van der Waals surface area contributed by atoms with E-state index in [-0.39, 0.29) is 17.2 Å². The van der Waals surface area contributed by atoms with Crippen LogP contribution in [-0.2, 0) is 4.79 Å². The number of allylic oxidation sites excluding steroid dienone is 2. The van der Waals surface area contributed by atoms with Crippen LogP contribution in [0.4, 0.5) is 0 Å². The highest BCUT2D eigenvalue weighted by molar-refractivity contribution is 5.81. The summed E-state index contributed by atoms with van der Waals surface area (Å²) in [5, 5.41) is 11.1. The van der Waals surface area contributed by atoms with Gasteiger partial charge in [-0.3, -0.25) is 5.73 Å². The SMILES string of the molecule is CCCCCC/C=C/CCCCCCCCCC1=NC=C[N+]1(CC(=O)[O-])C(C)N. The molecule has 5 heteroatoms. The molecule has 0 saturated carbocycles. The highest BCUT2D eigenvalue weighted by atomic mass is 16.4. The van der Waals surface area contributed by atoms with Gasteiger partial charge < -0.3 is 9.90 Å². The van der Waals surface area contributed by atoms with Gasteiger partial charge in [-0.05, 0) is 32.1 Å². The van der Waals surface area contributed by atoms with Crippen LogP contribution in [0.5, 0.6) is 0 Å². The fraction of sp³-hybridized carbons (Fsp3) is 0.750. The molecule has 2 atom stereocenters. The maximum atomic E-state index is 11.1. The number of aliphatic carboxylic acids is 1. The average molecular weight is 406 g/mol. The van der Waals surface area contributed by atoms with Gasteiger partial charge in [0.1, 0.15) is 18.9 Å². The molecule has 0 fully saturated rings. The Morgan fingerprint density at radius 3 is 2.14 bits per heavy atom. The number of hydrogen-bond donors (Lipinski definition) is 1. The molecule has 0 amide bonds. The summed E-state index contributed by atoms with van der Waals surface area (Å²) in [6, 6.07) is 0. The molecule has 0 aromatic rings. The molecule has 5 nitrogen and oxygen atoms in total. The van der Waals surface area contributed by atoms with E-state index in [1.165, 1.54) is 70.6 Å². The molecule has 0 aromatic carbocycles. The summed E-state index contributed by atoms with van der Waals surface area (Å²) in [7, 11) is 0. The third-order valence-corrected chi connectivity index (χ3v) is 5.82. The number of carboxylic acids is 1. The third-order valence-electron chi connectivity index (χ3n) is 5.82. The highest BCUT2D eigenvalue weighted by Crippen LogP contribution is 2.23. The first-order chi connectivity index (χ1) is 14.0. The zero-order chi connectivity index (χ0) is 21.4. The maximum absolute atomic E-state index is 11.1. The quantitative estimate of drug-likeness (QED) is 0.202. The minimum atomic E-state index is -1.09. The van der Waals surface area contributed by atoms with Crippen LogP contribution in [-0.4, -0.2) is 29.0 Å². The molecule has 1 heterocycles. The summed E-state index contributed by atoms with van der Waals surface area (Å²) in [5.74, 6) is -0.237. The lowest BCUT2D eigenvalue weighted by molar-refractivity contribution is -0.808. The molecule has 1 aliphatic rings. The van der Waals surface area contributed by atoms with Gasteiger partial charge >= 0.3 is 0 Å². The van der Waals surface area contributed by atoms with Crippen molar-refractivity contribution in [3.63, 3.8) is 0 Å². The van der Waals surface area contributed by atoms with E-state index >= 15 is 0 Å². The van der Waals surface area contributed by atoms with Gasteiger partial charge in [-0.25, -0.2) is 9.48 Å². The number of rotatable bonds is 18. The van der Waals surface area contributed by atoms with Crippen molar-refractivity contribution in [3.05, 3.63) is 24.6 Å². The first kappa shape index (κ1) is 25.6. The van der Waals surface area contributed by atoms with E-state index in [0.29, 0.717) is 0 Å². The van der Waals surface area contributed by atoms with Crippen molar-refractivity contribution < 1.29 is 14.4 Å². The first-order valence-electron chi connectivity index (χ1n) is 11.8. The van der Waals surface area contributed by atoms with Crippen molar-refractivity contribution in [2.45, 2.75) is 110 Å². The van der Waals surface area contributed by atoms with Gasteiger partial charge in [0, 0.05) is 13.3 Å². The molecule has 0 aromatic heterocycles. The normalized spacial score (nSPS) is 19.8. The zero-order valence-corrected chi connectivity index (χ0v) is 18.8. The van der Waals surface area contributed by atoms with E-state index in [4.69, 9.17) is 5.73 Å². The second kappa shape index (κ2) is 15.4. The fourth-order valence-electron chi connectivity index (χ4n) is 3.93. The van der Waals surface area contributed by atoms with Gasteiger partial charge in [-0.15, -0.1) is 0 Å². The molecule has 0 spiro atoms. The Hall–Kier alpha value is -1.46. The number of aliphatic imine (C=N–C) groups is 1. The predicted octanol–water partition coefficient (Wildman–Crippen LogP) is 4.78. The van der Waals surface area contributed by atoms with Crippen LogP contribution in [0.3, 0.4) is 0 Å². The molecule has 1 rings (SSSR count). The Labute approximate surface area is 178 Å². The van der Waals surface area contributed by atoms with Gasteiger partial charge in [0.05, 0.1) is 12.2 Å². The van der Waals surface area contributed by atoms with Crippen molar-refractivity contribution in [1.29, 1.82) is 0 Å². The molecule has 0 saturated heterocycles.